The van der Waals surface area contributed by atoms with Gasteiger partial charge in [-0.25, -0.2) is 9.48 Å². The Morgan fingerprint density at radius 1 is 1.26 bits per heavy atom. The summed E-state index contributed by atoms with van der Waals surface area (Å²) >= 11 is 0. The van der Waals surface area contributed by atoms with Crippen molar-refractivity contribution in [2.45, 2.75) is 52.6 Å². The first-order chi connectivity index (χ1) is 11.0. The average Bonchev–Trinajstić information content (AvgIpc) is 3.02. The number of H-pyrrole nitrogens is 1. The van der Waals surface area contributed by atoms with Crippen LogP contribution in [-0.4, -0.2) is 42.5 Å². The van der Waals surface area contributed by atoms with E-state index in [1.807, 2.05) is 11.5 Å². The second kappa shape index (κ2) is 6.31. The Hall–Kier alpha value is -1.89. The molecule has 3 heterocycles. The lowest BCUT2D eigenvalue weighted by atomic mass is 9.95. The molecule has 0 saturated carbocycles. The summed E-state index contributed by atoms with van der Waals surface area (Å²) in [6, 6.07) is 0. The standard InChI is InChI=1S/C16H26N6O/c1-5-22-15(19-20(4)16(22)23)13-6-8-21(9-7-13)10-14-11(2)17-18-12(14)3/h13H,5-10H2,1-4H3,(H,17,18). The molecule has 1 aliphatic heterocycles. The van der Waals surface area contributed by atoms with Crippen molar-refractivity contribution in [2.24, 2.45) is 7.05 Å². The maximum absolute atomic E-state index is 12.1. The van der Waals surface area contributed by atoms with E-state index in [0.717, 1.165) is 49.7 Å². The molecule has 1 aliphatic rings. The van der Waals surface area contributed by atoms with Gasteiger partial charge < -0.3 is 0 Å². The lowest BCUT2D eigenvalue weighted by Crippen LogP contribution is -2.34. The Balaban J connectivity index is 1.67. The van der Waals surface area contributed by atoms with Gasteiger partial charge in [0.05, 0.1) is 5.69 Å². The quantitative estimate of drug-likeness (QED) is 0.923. The third-order valence-electron chi connectivity index (χ3n) is 4.97. The van der Waals surface area contributed by atoms with Crippen molar-refractivity contribution in [1.29, 1.82) is 0 Å². The smallest absolute Gasteiger partial charge is 0.299 e. The molecule has 0 amide bonds. The zero-order chi connectivity index (χ0) is 16.6. The summed E-state index contributed by atoms with van der Waals surface area (Å²) in [5.41, 5.74) is 3.56. The summed E-state index contributed by atoms with van der Waals surface area (Å²) in [6.07, 6.45) is 2.10. The van der Waals surface area contributed by atoms with Gasteiger partial charge in [-0.3, -0.25) is 14.6 Å². The second-order valence-corrected chi connectivity index (χ2v) is 6.47. The summed E-state index contributed by atoms with van der Waals surface area (Å²) in [7, 11) is 1.73. The fourth-order valence-electron chi connectivity index (χ4n) is 3.50. The number of aromatic nitrogens is 5. The van der Waals surface area contributed by atoms with E-state index in [9.17, 15) is 4.79 Å². The van der Waals surface area contributed by atoms with Gasteiger partial charge in [0.25, 0.3) is 0 Å². The van der Waals surface area contributed by atoms with Gasteiger partial charge in [-0.1, -0.05) is 0 Å². The number of aryl methyl sites for hydroxylation is 3. The van der Waals surface area contributed by atoms with Crippen molar-refractivity contribution >= 4 is 0 Å². The molecular weight excluding hydrogens is 292 g/mol. The third kappa shape index (κ3) is 2.97. The zero-order valence-corrected chi connectivity index (χ0v) is 14.5. The second-order valence-electron chi connectivity index (χ2n) is 6.47. The predicted molar refractivity (Wildman–Crippen MR) is 88.5 cm³/mol. The first kappa shape index (κ1) is 16.0. The number of aromatic amines is 1. The van der Waals surface area contributed by atoms with Gasteiger partial charge in [-0.15, -0.1) is 0 Å². The van der Waals surface area contributed by atoms with Crippen LogP contribution in [-0.2, 0) is 20.1 Å². The number of nitrogens with zero attached hydrogens (tertiary/aromatic N) is 5. The Morgan fingerprint density at radius 3 is 2.52 bits per heavy atom. The van der Waals surface area contributed by atoms with Crippen LogP contribution in [0.25, 0.3) is 0 Å². The zero-order valence-electron chi connectivity index (χ0n) is 14.5. The molecule has 2 aromatic heterocycles. The molecule has 1 N–H and O–H groups in total. The molecule has 23 heavy (non-hydrogen) atoms. The lowest BCUT2D eigenvalue weighted by Gasteiger charge is -2.31. The van der Waals surface area contributed by atoms with Crippen LogP contribution in [0.15, 0.2) is 4.79 Å². The molecule has 1 saturated heterocycles. The van der Waals surface area contributed by atoms with Gasteiger partial charge in [0.1, 0.15) is 5.82 Å². The van der Waals surface area contributed by atoms with Crippen LogP contribution in [0.2, 0.25) is 0 Å². The summed E-state index contributed by atoms with van der Waals surface area (Å²) in [5.74, 6) is 1.34. The minimum absolute atomic E-state index is 0.00502. The highest BCUT2D eigenvalue weighted by Crippen LogP contribution is 2.27. The lowest BCUT2D eigenvalue weighted by molar-refractivity contribution is 0.199. The molecule has 7 heteroatoms. The van der Waals surface area contributed by atoms with Crippen LogP contribution in [0.1, 0.15) is 48.5 Å². The molecule has 3 rings (SSSR count). The van der Waals surface area contributed by atoms with Gasteiger partial charge in [-0.05, 0) is 46.7 Å². The Kier molecular flexibility index (Phi) is 4.39. The van der Waals surface area contributed by atoms with Crippen molar-refractivity contribution in [3.8, 4) is 0 Å². The molecular formula is C16H26N6O. The molecule has 1 fully saturated rings. The Bertz CT molecular complexity index is 713. The van der Waals surface area contributed by atoms with Gasteiger partial charge in [-0.2, -0.15) is 10.2 Å². The first-order valence-corrected chi connectivity index (χ1v) is 8.37. The van der Waals surface area contributed by atoms with Crippen molar-refractivity contribution in [1.82, 2.24) is 29.4 Å². The van der Waals surface area contributed by atoms with E-state index in [1.165, 1.54) is 10.2 Å². The van der Waals surface area contributed by atoms with E-state index in [-0.39, 0.29) is 5.69 Å². The van der Waals surface area contributed by atoms with Gasteiger partial charge >= 0.3 is 5.69 Å². The van der Waals surface area contributed by atoms with E-state index in [0.29, 0.717) is 12.5 Å². The van der Waals surface area contributed by atoms with Gasteiger partial charge in [0.2, 0.25) is 0 Å². The van der Waals surface area contributed by atoms with Crippen LogP contribution >= 0.6 is 0 Å². The molecule has 0 spiro atoms. The highest BCUT2D eigenvalue weighted by Gasteiger charge is 2.26. The maximum atomic E-state index is 12.1. The number of nitrogens with one attached hydrogen (secondary N) is 1. The highest BCUT2D eigenvalue weighted by molar-refractivity contribution is 5.23. The normalized spacial score (nSPS) is 17.0. The predicted octanol–water partition coefficient (Wildman–Crippen LogP) is 1.32. The van der Waals surface area contributed by atoms with Crippen molar-refractivity contribution < 1.29 is 0 Å². The van der Waals surface area contributed by atoms with E-state index in [2.05, 4.69) is 34.0 Å². The molecule has 126 valence electrons. The highest BCUT2D eigenvalue weighted by atomic mass is 16.2. The maximum Gasteiger partial charge on any atom is 0.345 e. The summed E-state index contributed by atoms with van der Waals surface area (Å²) in [4.78, 5) is 14.5. The largest absolute Gasteiger partial charge is 0.345 e. The summed E-state index contributed by atoms with van der Waals surface area (Å²) < 4.78 is 3.27. The minimum atomic E-state index is -0.00502. The third-order valence-corrected chi connectivity index (χ3v) is 4.97. The molecule has 7 nitrogen and oxygen atoms in total. The van der Waals surface area contributed by atoms with Crippen LogP contribution in [0.4, 0.5) is 0 Å². The van der Waals surface area contributed by atoms with E-state index >= 15 is 0 Å². The van der Waals surface area contributed by atoms with Crippen LogP contribution < -0.4 is 5.69 Å². The molecule has 0 aliphatic carbocycles. The van der Waals surface area contributed by atoms with E-state index in [4.69, 9.17) is 0 Å². The first-order valence-electron chi connectivity index (χ1n) is 8.37. The SMILES string of the molecule is CCn1c(C2CCN(Cc3c(C)n[nH]c3C)CC2)nn(C)c1=O. The molecule has 0 atom stereocenters. The van der Waals surface area contributed by atoms with Crippen molar-refractivity contribution in [3.05, 3.63) is 33.3 Å². The average molecular weight is 318 g/mol. The molecule has 0 bridgehead atoms. The van der Waals surface area contributed by atoms with Crippen LogP contribution in [0.3, 0.4) is 0 Å². The fourth-order valence-corrected chi connectivity index (χ4v) is 3.50. The fraction of sp³-hybridized carbons (Fsp3) is 0.688. The number of likely N-dealkylation sites (tertiary alicyclic amines) is 1. The topological polar surface area (TPSA) is 71.7 Å². The Labute approximate surface area is 136 Å². The number of hydrogen-bond acceptors (Lipinski definition) is 4. The monoisotopic (exact) mass is 318 g/mol. The minimum Gasteiger partial charge on any atom is -0.299 e. The van der Waals surface area contributed by atoms with Gasteiger partial charge in [0, 0.05) is 37.3 Å². The Morgan fingerprint density at radius 2 is 1.96 bits per heavy atom. The number of piperidine rings is 1. The molecule has 0 unspecified atom stereocenters. The molecule has 0 radical (unpaired) electrons. The van der Waals surface area contributed by atoms with Crippen LogP contribution in [0, 0.1) is 13.8 Å². The molecule has 0 aromatic carbocycles. The summed E-state index contributed by atoms with van der Waals surface area (Å²) in [5, 5.41) is 11.8. The molecule has 2 aromatic rings. The van der Waals surface area contributed by atoms with E-state index < -0.39 is 0 Å². The van der Waals surface area contributed by atoms with Crippen molar-refractivity contribution in [3.63, 3.8) is 0 Å². The van der Waals surface area contributed by atoms with Crippen LogP contribution in [0.5, 0.6) is 0 Å². The van der Waals surface area contributed by atoms with Gasteiger partial charge in [0.15, 0.2) is 0 Å². The number of rotatable bonds is 4. The van der Waals surface area contributed by atoms with E-state index in [1.54, 1.807) is 7.05 Å². The van der Waals surface area contributed by atoms with Crippen molar-refractivity contribution in [2.75, 3.05) is 13.1 Å². The summed E-state index contributed by atoms with van der Waals surface area (Å²) in [6.45, 7) is 9.84. The number of hydrogen-bond donors (Lipinski definition) is 1.